The van der Waals surface area contributed by atoms with Crippen molar-refractivity contribution in [2.24, 2.45) is 0 Å². The molecule has 0 unspecified atom stereocenters. The summed E-state index contributed by atoms with van der Waals surface area (Å²) >= 11 is 0. The summed E-state index contributed by atoms with van der Waals surface area (Å²) in [5.41, 5.74) is 0.941. The quantitative estimate of drug-likeness (QED) is 0.577. The number of carbonyl (C=O) groups excluding carboxylic acids is 1. The number of rotatable bonds is 7. The maximum absolute atomic E-state index is 12.4. The molecule has 28 heavy (non-hydrogen) atoms. The van der Waals surface area contributed by atoms with Crippen molar-refractivity contribution in [3.63, 3.8) is 0 Å². The molecule has 0 radical (unpaired) electrons. The molecule has 8 heteroatoms. The highest BCUT2D eigenvalue weighted by Gasteiger charge is 2.15. The summed E-state index contributed by atoms with van der Waals surface area (Å²) in [7, 11) is 4.52. The number of methoxy groups -OCH3 is 3. The largest absolute Gasteiger partial charge is 0.493 e. The van der Waals surface area contributed by atoms with E-state index in [1.54, 1.807) is 36.4 Å². The molecular formula is C20H20N2O6. The molecule has 3 rings (SSSR count). The first kappa shape index (κ1) is 19.2. The van der Waals surface area contributed by atoms with Crippen LogP contribution in [0.4, 0.5) is 0 Å². The summed E-state index contributed by atoms with van der Waals surface area (Å²) in [6, 6.07) is 10.3. The van der Waals surface area contributed by atoms with E-state index in [2.05, 4.69) is 4.98 Å². The Kier molecular flexibility index (Phi) is 5.78. The molecule has 0 aliphatic heterocycles. The number of hydrogen-bond acceptors (Lipinski definition) is 7. The predicted octanol–water partition coefficient (Wildman–Crippen LogP) is 2.17. The lowest BCUT2D eigenvalue weighted by molar-refractivity contribution is -0.145. The van der Waals surface area contributed by atoms with Crippen molar-refractivity contribution < 1.29 is 23.7 Å². The van der Waals surface area contributed by atoms with Crippen LogP contribution < -0.4 is 19.8 Å². The normalized spacial score (nSPS) is 10.5. The minimum absolute atomic E-state index is 0.00862. The number of benzene rings is 2. The van der Waals surface area contributed by atoms with E-state index in [1.165, 1.54) is 32.2 Å². The number of ether oxygens (including phenoxy) is 4. The smallest absolute Gasteiger partial charge is 0.326 e. The second-order valence-corrected chi connectivity index (χ2v) is 5.89. The topological polar surface area (TPSA) is 88.9 Å². The highest BCUT2D eigenvalue weighted by atomic mass is 16.5. The Labute approximate surface area is 161 Å². The Morgan fingerprint density at radius 2 is 1.71 bits per heavy atom. The summed E-state index contributed by atoms with van der Waals surface area (Å²) < 4.78 is 22.3. The Bertz CT molecular complexity index is 1030. The Morgan fingerprint density at radius 1 is 1.04 bits per heavy atom. The van der Waals surface area contributed by atoms with E-state index in [9.17, 15) is 9.59 Å². The van der Waals surface area contributed by atoms with Crippen LogP contribution in [0, 0.1) is 0 Å². The van der Waals surface area contributed by atoms with Crippen molar-refractivity contribution >= 4 is 16.9 Å². The molecular weight excluding hydrogens is 364 g/mol. The first-order chi connectivity index (χ1) is 13.6. The van der Waals surface area contributed by atoms with Gasteiger partial charge in [-0.05, 0) is 29.8 Å². The van der Waals surface area contributed by atoms with Crippen LogP contribution in [0.1, 0.15) is 5.56 Å². The molecule has 146 valence electrons. The summed E-state index contributed by atoms with van der Waals surface area (Å²) in [6.07, 6.45) is 1.34. The van der Waals surface area contributed by atoms with Crippen LogP contribution >= 0.6 is 0 Å². The van der Waals surface area contributed by atoms with Crippen molar-refractivity contribution in [2.75, 3.05) is 21.3 Å². The highest BCUT2D eigenvalue weighted by Crippen LogP contribution is 2.38. The molecule has 2 aromatic carbocycles. The maximum Gasteiger partial charge on any atom is 0.326 e. The molecule has 3 aromatic rings. The molecule has 0 atom stereocenters. The van der Waals surface area contributed by atoms with Crippen LogP contribution in [0.2, 0.25) is 0 Å². The fourth-order valence-corrected chi connectivity index (χ4v) is 2.79. The first-order valence-electron chi connectivity index (χ1n) is 8.46. The molecule has 0 bridgehead atoms. The molecule has 1 heterocycles. The van der Waals surface area contributed by atoms with Gasteiger partial charge in [-0.2, -0.15) is 0 Å². The number of para-hydroxylation sites is 1. The zero-order valence-corrected chi connectivity index (χ0v) is 15.8. The maximum atomic E-state index is 12.4. The third kappa shape index (κ3) is 3.90. The molecule has 0 saturated heterocycles. The average Bonchev–Trinajstić information content (AvgIpc) is 2.73. The number of hydrogen-bond donors (Lipinski definition) is 0. The third-order valence-electron chi connectivity index (χ3n) is 4.16. The number of carbonyl (C=O) groups is 1. The van der Waals surface area contributed by atoms with Crippen LogP contribution in [0.15, 0.2) is 47.5 Å². The van der Waals surface area contributed by atoms with Gasteiger partial charge in [0.25, 0.3) is 5.56 Å². The second-order valence-electron chi connectivity index (χ2n) is 5.89. The van der Waals surface area contributed by atoms with Gasteiger partial charge < -0.3 is 18.9 Å². The first-order valence-corrected chi connectivity index (χ1v) is 8.46. The number of esters is 1. The monoisotopic (exact) mass is 384 g/mol. The van der Waals surface area contributed by atoms with E-state index in [-0.39, 0.29) is 18.7 Å². The minimum Gasteiger partial charge on any atom is -0.493 e. The standard InChI is InChI=1S/C20H20N2O6/c1-25-16-8-13(9-17(26-2)19(16)27-3)11-28-18(23)10-22-12-21-15-7-5-4-6-14(15)20(22)24/h4-9,12H,10-11H2,1-3H3. The van der Waals surface area contributed by atoms with Crippen LogP contribution in [0.25, 0.3) is 10.9 Å². The van der Waals surface area contributed by atoms with Crippen molar-refractivity contribution in [3.8, 4) is 17.2 Å². The Hall–Kier alpha value is -3.55. The zero-order valence-electron chi connectivity index (χ0n) is 15.8. The van der Waals surface area contributed by atoms with E-state index in [0.717, 1.165) is 0 Å². The number of fused-ring (bicyclic) bond motifs is 1. The van der Waals surface area contributed by atoms with Crippen LogP contribution in [-0.4, -0.2) is 36.8 Å². The fraction of sp³-hybridized carbons (Fsp3) is 0.250. The van der Waals surface area contributed by atoms with Gasteiger partial charge in [0.1, 0.15) is 13.2 Å². The van der Waals surface area contributed by atoms with Gasteiger partial charge in [-0.1, -0.05) is 12.1 Å². The number of aromatic nitrogens is 2. The molecule has 0 aliphatic rings. The van der Waals surface area contributed by atoms with Gasteiger partial charge in [0, 0.05) is 0 Å². The minimum atomic E-state index is -0.562. The van der Waals surface area contributed by atoms with E-state index >= 15 is 0 Å². The van der Waals surface area contributed by atoms with Crippen molar-refractivity contribution in [2.45, 2.75) is 13.2 Å². The Morgan fingerprint density at radius 3 is 2.36 bits per heavy atom. The van der Waals surface area contributed by atoms with Crippen molar-refractivity contribution in [3.05, 3.63) is 58.6 Å². The van der Waals surface area contributed by atoms with Gasteiger partial charge in [-0.15, -0.1) is 0 Å². The highest BCUT2D eigenvalue weighted by molar-refractivity contribution is 5.77. The van der Waals surface area contributed by atoms with Crippen LogP contribution in [0.5, 0.6) is 17.2 Å². The second kappa shape index (κ2) is 8.43. The van der Waals surface area contributed by atoms with Crippen LogP contribution in [-0.2, 0) is 22.7 Å². The van der Waals surface area contributed by atoms with Crippen molar-refractivity contribution in [1.29, 1.82) is 0 Å². The molecule has 8 nitrogen and oxygen atoms in total. The van der Waals surface area contributed by atoms with Crippen molar-refractivity contribution in [1.82, 2.24) is 9.55 Å². The van der Waals surface area contributed by atoms with Gasteiger partial charge in [0.2, 0.25) is 5.75 Å². The van der Waals surface area contributed by atoms with E-state index in [0.29, 0.717) is 33.7 Å². The summed E-state index contributed by atoms with van der Waals surface area (Å²) in [5, 5.41) is 0.447. The number of nitrogens with zero attached hydrogens (tertiary/aromatic N) is 2. The van der Waals surface area contributed by atoms with Gasteiger partial charge in [-0.25, -0.2) is 4.98 Å². The summed E-state index contributed by atoms with van der Waals surface area (Å²) in [4.78, 5) is 28.8. The molecule has 0 fully saturated rings. The molecule has 0 N–H and O–H groups in total. The van der Waals surface area contributed by atoms with E-state index in [4.69, 9.17) is 18.9 Å². The van der Waals surface area contributed by atoms with Gasteiger partial charge in [0.15, 0.2) is 11.5 Å². The Balaban J connectivity index is 1.73. The fourth-order valence-electron chi connectivity index (χ4n) is 2.79. The zero-order chi connectivity index (χ0) is 20.1. The van der Waals surface area contributed by atoms with Gasteiger partial charge >= 0.3 is 5.97 Å². The van der Waals surface area contributed by atoms with Crippen LogP contribution in [0.3, 0.4) is 0 Å². The van der Waals surface area contributed by atoms with E-state index in [1.807, 2.05) is 0 Å². The summed E-state index contributed by atoms with van der Waals surface area (Å²) in [5.74, 6) is 0.812. The lowest BCUT2D eigenvalue weighted by Gasteiger charge is -2.14. The lowest BCUT2D eigenvalue weighted by Crippen LogP contribution is -2.25. The molecule has 0 saturated carbocycles. The molecule has 1 aromatic heterocycles. The summed E-state index contributed by atoms with van der Waals surface area (Å²) in [6.45, 7) is -0.244. The van der Waals surface area contributed by atoms with Gasteiger partial charge in [-0.3, -0.25) is 14.2 Å². The van der Waals surface area contributed by atoms with E-state index < -0.39 is 5.97 Å². The molecule has 0 aliphatic carbocycles. The molecule has 0 amide bonds. The SMILES string of the molecule is COc1cc(COC(=O)Cn2cnc3ccccc3c2=O)cc(OC)c1OC. The predicted molar refractivity (Wildman–Crippen MR) is 102 cm³/mol. The lowest BCUT2D eigenvalue weighted by atomic mass is 10.2. The third-order valence-corrected chi connectivity index (χ3v) is 4.16. The molecule has 0 spiro atoms. The average molecular weight is 384 g/mol. The van der Waals surface area contributed by atoms with Gasteiger partial charge in [0.05, 0.1) is 38.6 Å².